The molecule has 2 heterocycles. The van der Waals surface area contributed by atoms with Gasteiger partial charge in [0.2, 0.25) is 15.9 Å². The van der Waals surface area contributed by atoms with Crippen molar-refractivity contribution in [3.05, 3.63) is 18.2 Å². The van der Waals surface area contributed by atoms with Crippen LogP contribution in [0.1, 0.15) is 46.0 Å². The zero-order valence-corrected chi connectivity index (χ0v) is 19.0. The zero-order chi connectivity index (χ0) is 22.2. The van der Waals surface area contributed by atoms with Crippen molar-refractivity contribution in [2.45, 2.75) is 56.9 Å². The van der Waals surface area contributed by atoms with Crippen molar-refractivity contribution in [1.82, 2.24) is 9.62 Å². The van der Waals surface area contributed by atoms with E-state index in [9.17, 15) is 18.0 Å². The van der Waals surface area contributed by atoms with Crippen LogP contribution in [0, 0.1) is 11.8 Å². The van der Waals surface area contributed by atoms with Crippen LogP contribution in [-0.2, 0) is 19.6 Å². The monoisotopic (exact) mass is 449 g/mol. The summed E-state index contributed by atoms with van der Waals surface area (Å²) in [5.41, 5.74) is 0.330. The molecule has 3 aliphatic rings. The second-order valence-corrected chi connectivity index (χ2v) is 10.9. The van der Waals surface area contributed by atoms with Crippen LogP contribution in [0.25, 0.3) is 0 Å². The van der Waals surface area contributed by atoms with Crippen molar-refractivity contribution >= 4 is 27.5 Å². The van der Waals surface area contributed by atoms with Gasteiger partial charge in [-0.25, -0.2) is 8.42 Å². The molecule has 1 N–H and O–H groups in total. The second-order valence-electron chi connectivity index (χ2n) is 8.95. The first-order valence-corrected chi connectivity index (χ1v) is 12.6. The summed E-state index contributed by atoms with van der Waals surface area (Å²) in [6.07, 6.45) is 4.86. The first-order valence-electron chi connectivity index (χ1n) is 11.1. The number of amides is 2. The Bertz CT molecular complexity index is 958. The standard InChI is InChI=1S/C22H31N3O5S/c1-15-6-5-7-18(16(15)2)23-21(26)13-25-19-12-17(8-9-20(19)30-14-22(25)27)31(28,29)24-10-3-4-11-24/h8-9,12,15-16,18H,3-7,10-11,13-14H2,1-2H3,(H,23,26). The number of benzene rings is 1. The molecule has 9 heteroatoms. The molecule has 1 saturated heterocycles. The number of sulfonamides is 1. The minimum atomic E-state index is -3.64. The van der Waals surface area contributed by atoms with E-state index < -0.39 is 10.0 Å². The molecule has 1 aromatic rings. The molecule has 31 heavy (non-hydrogen) atoms. The quantitative estimate of drug-likeness (QED) is 0.743. The average Bonchev–Trinajstić information content (AvgIpc) is 3.29. The molecule has 2 fully saturated rings. The maximum Gasteiger partial charge on any atom is 0.265 e. The number of ether oxygens (including phenoxy) is 1. The minimum absolute atomic E-state index is 0.0914. The Morgan fingerprint density at radius 2 is 1.90 bits per heavy atom. The Kier molecular flexibility index (Phi) is 6.25. The van der Waals surface area contributed by atoms with E-state index in [1.165, 1.54) is 21.3 Å². The highest BCUT2D eigenvalue weighted by molar-refractivity contribution is 7.89. The molecule has 2 amide bonds. The number of carbonyl (C=O) groups excluding carboxylic acids is 2. The van der Waals surface area contributed by atoms with Crippen LogP contribution < -0.4 is 15.0 Å². The minimum Gasteiger partial charge on any atom is -0.482 e. The normalized spacial score (nSPS) is 27.0. The summed E-state index contributed by atoms with van der Waals surface area (Å²) in [7, 11) is -3.64. The first kappa shape index (κ1) is 22.1. The summed E-state index contributed by atoms with van der Waals surface area (Å²) in [6, 6.07) is 4.62. The van der Waals surface area contributed by atoms with Crippen molar-refractivity contribution in [2.75, 3.05) is 31.1 Å². The van der Waals surface area contributed by atoms with Gasteiger partial charge in [0.1, 0.15) is 12.3 Å². The van der Waals surface area contributed by atoms with Gasteiger partial charge >= 0.3 is 0 Å². The highest BCUT2D eigenvalue weighted by Gasteiger charge is 2.33. The SMILES string of the molecule is CC1CCCC(NC(=O)CN2C(=O)COc3ccc(S(=O)(=O)N4CCCC4)cc32)C1C. The van der Waals surface area contributed by atoms with Crippen LogP contribution in [0.3, 0.4) is 0 Å². The van der Waals surface area contributed by atoms with Crippen molar-refractivity contribution in [2.24, 2.45) is 11.8 Å². The number of hydrogen-bond donors (Lipinski definition) is 1. The lowest BCUT2D eigenvalue weighted by Gasteiger charge is -2.35. The molecular formula is C22H31N3O5S. The molecule has 3 unspecified atom stereocenters. The smallest absolute Gasteiger partial charge is 0.265 e. The van der Waals surface area contributed by atoms with Gasteiger partial charge in [-0.15, -0.1) is 0 Å². The lowest BCUT2D eigenvalue weighted by Crippen LogP contribution is -2.50. The van der Waals surface area contributed by atoms with E-state index in [4.69, 9.17) is 4.74 Å². The second kappa shape index (κ2) is 8.78. The maximum absolute atomic E-state index is 13.0. The first-order chi connectivity index (χ1) is 14.8. The number of rotatable bonds is 5. The summed E-state index contributed by atoms with van der Waals surface area (Å²) in [6.45, 7) is 5.03. The van der Waals surface area contributed by atoms with Crippen LogP contribution in [-0.4, -0.2) is 56.8 Å². The lowest BCUT2D eigenvalue weighted by atomic mass is 9.78. The lowest BCUT2D eigenvalue weighted by molar-refractivity contribution is -0.126. The fraction of sp³-hybridized carbons (Fsp3) is 0.636. The van der Waals surface area contributed by atoms with Gasteiger partial charge in [-0.05, 0) is 49.3 Å². The molecule has 0 aromatic heterocycles. The molecule has 0 spiro atoms. The van der Waals surface area contributed by atoms with E-state index in [1.807, 2.05) is 0 Å². The molecule has 4 rings (SSSR count). The van der Waals surface area contributed by atoms with Crippen molar-refractivity contribution in [3.8, 4) is 5.75 Å². The van der Waals surface area contributed by atoms with E-state index in [-0.39, 0.29) is 35.9 Å². The van der Waals surface area contributed by atoms with Gasteiger partial charge in [0, 0.05) is 19.1 Å². The summed E-state index contributed by atoms with van der Waals surface area (Å²) in [5, 5.41) is 3.09. The molecule has 8 nitrogen and oxygen atoms in total. The van der Waals surface area contributed by atoms with Crippen molar-refractivity contribution in [1.29, 1.82) is 0 Å². The van der Waals surface area contributed by atoms with Crippen LogP contribution in [0.15, 0.2) is 23.1 Å². The van der Waals surface area contributed by atoms with Crippen LogP contribution in [0.2, 0.25) is 0 Å². The molecule has 170 valence electrons. The maximum atomic E-state index is 13.0. The summed E-state index contributed by atoms with van der Waals surface area (Å²) in [5.74, 6) is 0.738. The number of hydrogen-bond acceptors (Lipinski definition) is 5. The van der Waals surface area contributed by atoms with Crippen molar-refractivity contribution in [3.63, 3.8) is 0 Å². The fourth-order valence-electron chi connectivity index (χ4n) is 4.78. The van der Waals surface area contributed by atoms with Gasteiger partial charge in [-0.3, -0.25) is 14.5 Å². The topological polar surface area (TPSA) is 96.0 Å². The number of fused-ring (bicyclic) bond motifs is 1. The Morgan fingerprint density at radius 3 is 2.65 bits per heavy atom. The van der Waals surface area contributed by atoms with Crippen LogP contribution in [0.4, 0.5) is 5.69 Å². The summed E-state index contributed by atoms with van der Waals surface area (Å²) < 4.78 is 32.9. The third kappa shape index (κ3) is 4.43. The van der Waals surface area contributed by atoms with Gasteiger partial charge in [0.05, 0.1) is 10.6 Å². The fourth-order valence-corrected chi connectivity index (χ4v) is 6.31. The molecule has 0 bridgehead atoms. The molecule has 1 aliphatic carbocycles. The van der Waals surface area contributed by atoms with Gasteiger partial charge < -0.3 is 10.1 Å². The Balaban J connectivity index is 1.54. The largest absolute Gasteiger partial charge is 0.482 e. The number of anilines is 1. The van der Waals surface area contributed by atoms with Gasteiger partial charge in [0.15, 0.2) is 6.61 Å². The highest BCUT2D eigenvalue weighted by Crippen LogP contribution is 2.35. The average molecular weight is 450 g/mol. The number of nitrogens with zero attached hydrogens (tertiary/aromatic N) is 2. The predicted octanol–water partition coefficient (Wildman–Crippen LogP) is 2.14. The van der Waals surface area contributed by atoms with E-state index >= 15 is 0 Å². The van der Waals surface area contributed by atoms with Gasteiger partial charge in [-0.1, -0.05) is 26.7 Å². The van der Waals surface area contributed by atoms with Crippen LogP contribution >= 0.6 is 0 Å². The Morgan fingerprint density at radius 1 is 1.16 bits per heavy atom. The Labute approximate surface area is 184 Å². The van der Waals surface area contributed by atoms with E-state index in [0.29, 0.717) is 36.4 Å². The van der Waals surface area contributed by atoms with E-state index in [0.717, 1.165) is 32.1 Å². The predicted molar refractivity (Wildman–Crippen MR) is 116 cm³/mol. The molecule has 1 aromatic carbocycles. The Hall–Kier alpha value is -2.13. The third-order valence-electron chi connectivity index (χ3n) is 6.93. The molecule has 2 aliphatic heterocycles. The van der Waals surface area contributed by atoms with E-state index in [1.54, 1.807) is 6.07 Å². The number of carbonyl (C=O) groups is 2. The van der Waals surface area contributed by atoms with Gasteiger partial charge in [-0.2, -0.15) is 4.31 Å². The van der Waals surface area contributed by atoms with Crippen LogP contribution in [0.5, 0.6) is 5.75 Å². The molecule has 3 atom stereocenters. The number of nitrogens with one attached hydrogen (secondary N) is 1. The zero-order valence-electron chi connectivity index (χ0n) is 18.2. The van der Waals surface area contributed by atoms with Gasteiger partial charge in [0.25, 0.3) is 5.91 Å². The third-order valence-corrected chi connectivity index (χ3v) is 8.83. The molecule has 0 radical (unpaired) electrons. The van der Waals surface area contributed by atoms with E-state index in [2.05, 4.69) is 19.2 Å². The highest BCUT2D eigenvalue weighted by atomic mass is 32.2. The summed E-state index contributed by atoms with van der Waals surface area (Å²) >= 11 is 0. The molecule has 1 saturated carbocycles. The molecular weight excluding hydrogens is 418 g/mol. The summed E-state index contributed by atoms with van der Waals surface area (Å²) in [4.78, 5) is 26.8. The van der Waals surface area contributed by atoms with Crippen molar-refractivity contribution < 1.29 is 22.7 Å².